The molecule has 0 spiro atoms. The standard InChI is InChI=1S/C11H12N2S/c1-3-8-11(14-2)13-10-7-5-4-6-9(10)12-8/h4-7H,3H2,1-2H3. The molecule has 2 rings (SSSR count). The monoisotopic (exact) mass is 204 g/mol. The molecule has 0 saturated carbocycles. The van der Waals surface area contributed by atoms with Crippen molar-refractivity contribution in [1.82, 2.24) is 9.97 Å². The number of aromatic nitrogens is 2. The zero-order chi connectivity index (χ0) is 9.97. The van der Waals surface area contributed by atoms with Crippen LogP contribution in [0.1, 0.15) is 12.6 Å². The Kier molecular flexibility index (Phi) is 2.68. The topological polar surface area (TPSA) is 25.8 Å². The van der Waals surface area contributed by atoms with Crippen LogP contribution in [0.2, 0.25) is 0 Å². The summed E-state index contributed by atoms with van der Waals surface area (Å²) in [5.74, 6) is 0. The van der Waals surface area contributed by atoms with Crippen LogP contribution in [0.5, 0.6) is 0 Å². The van der Waals surface area contributed by atoms with Gasteiger partial charge >= 0.3 is 0 Å². The average Bonchev–Trinajstić information content (AvgIpc) is 2.27. The van der Waals surface area contributed by atoms with E-state index in [4.69, 9.17) is 0 Å². The number of rotatable bonds is 2. The highest BCUT2D eigenvalue weighted by atomic mass is 32.2. The lowest BCUT2D eigenvalue weighted by Crippen LogP contribution is -1.95. The van der Waals surface area contributed by atoms with E-state index in [2.05, 4.69) is 16.9 Å². The molecular formula is C11H12N2S. The predicted octanol–water partition coefficient (Wildman–Crippen LogP) is 2.91. The van der Waals surface area contributed by atoms with E-state index < -0.39 is 0 Å². The van der Waals surface area contributed by atoms with Crippen molar-refractivity contribution < 1.29 is 0 Å². The second-order valence-corrected chi connectivity index (χ2v) is 3.82. The van der Waals surface area contributed by atoms with Gasteiger partial charge in [-0.15, -0.1) is 11.8 Å². The van der Waals surface area contributed by atoms with Crippen molar-refractivity contribution in [2.24, 2.45) is 0 Å². The van der Waals surface area contributed by atoms with Gasteiger partial charge in [-0.05, 0) is 24.8 Å². The van der Waals surface area contributed by atoms with Crippen LogP contribution >= 0.6 is 11.8 Å². The number of hydrogen-bond acceptors (Lipinski definition) is 3. The Bertz CT molecular complexity index is 411. The van der Waals surface area contributed by atoms with E-state index in [0.29, 0.717) is 0 Å². The van der Waals surface area contributed by atoms with Gasteiger partial charge in [0.1, 0.15) is 5.03 Å². The van der Waals surface area contributed by atoms with Crippen LogP contribution in [0.15, 0.2) is 29.3 Å². The van der Waals surface area contributed by atoms with Gasteiger partial charge < -0.3 is 0 Å². The molecule has 1 heterocycles. The van der Waals surface area contributed by atoms with Crippen molar-refractivity contribution >= 4 is 22.8 Å². The smallest absolute Gasteiger partial charge is 0.118 e. The number of para-hydroxylation sites is 2. The molecule has 0 aliphatic carbocycles. The van der Waals surface area contributed by atoms with E-state index in [1.165, 1.54) is 0 Å². The molecule has 0 N–H and O–H groups in total. The number of fused-ring (bicyclic) bond motifs is 1. The van der Waals surface area contributed by atoms with Crippen LogP contribution in [0.3, 0.4) is 0 Å². The molecule has 2 aromatic rings. The minimum atomic E-state index is 0.938. The third-order valence-electron chi connectivity index (χ3n) is 2.13. The van der Waals surface area contributed by atoms with Gasteiger partial charge in [0.25, 0.3) is 0 Å². The highest BCUT2D eigenvalue weighted by molar-refractivity contribution is 7.98. The van der Waals surface area contributed by atoms with Gasteiger partial charge in [-0.3, -0.25) is 0 Å². The molecule has 0 aliphatic heterocycles. The first-order valence-electron chi connectivity index (χ1n) is 4.64. The average molecular weight is 204 g/mol. The van der Waals surface area contributed by atoms with Crippen molar-refractivity contribution in [3.63, 3.8) is 0 Å². The van der Waals surface area contributed by atoms with Gasteiger partial charge in [0.05, 0.1) is 16.7 Å². The van der Waals surface area contributed by atoms with Crippen LogP contribution < -0.4 is 0 Å². The lowest BCUT2D eigenvalue weighted by molar-refractivity contribution is 0.945. The zero-order valence-corrected chi connectivity index (χ0v) is 9.14. The molecule has 1 aromatic heterocycles. The van der Waals surface area contributed by atoms with Crippen LogP contribution in [0.4, 0.5) is 0 Å². The Morgan fingerprint density at radius 3 is 2.36 bits per heavy atom. The first kappa shape index (κ1) is 9.46. The fraction of sp³-hybridized carbons (Fsp3) is 0.273. The highest BCUT2D eigenvalue weighted by Gasteiger charge is 2.04. The molecule has 14 heavy (non-hydrogen) atoms. The number of benzene rings is 1. The molecule has 0 atom stereocenters. The Balaban J connectivity index is 2.69. The summed E-state index contributed by atoms with van der Waals surface area (Å²) in [6.45, 7) is 2.11. The van der Waals surface area contributed by atoms with Crippen LogP contribution in [0.25, 0.3) is 11.0 Å². The summed E-state index contributed by atoms with van der Waals surface area (Å²) < 4.78 is 0. The molecule has 3 heteroatoms. The van der Waals surface area contributed by atoms with E-state index in [1.54, 1.807) is 11.8 Å². The van der Waals surface area contributed by atoms with Gasteiger partial charge in [0.2, 0.25) is 0 Å². The summed E-state index contributed by atoms with van der Waals surface area (Å²) in [5.41, 5.74) is 3.06. The van der Waals surface area contributed by atoms with E-state index in [-0.39, 0.29) is 0 Å². The summed E-state index contributed by atoms with van der Waals surface area (Å²) in [4.78, 5) is 9.15. The van der Waals surface area contributed by atoms with Crippen LogP contribution in [-0.4, -0.2) is 16.2 Å². The third-order valence-corrected chi connectivity index (χ3v) is 2.85. The molecule has 0 unspecified atom stereocenters. The molecule has 0 fully saturated rings. The number of nitrogens with zero attached hydrogens (tertiary/aromatic N) is 2. The molecular weight excluding hydrogens is 192 g/mol. The first-order chi connectivity index (χ1) is 6.85. The Labute approximate surface area is 87.8 Å². The molecule has 0 saturated heterocycles. The lowest BCUT2D eigenvalue weighted by atomic mass is 10.3. The van der Waals surface area contributed by atoms with E-state index >= 15 is 0 Å². The summed E-state index contributed by atoms with van der Waals surface area (Å²) >= 11 is 1.66. The zero-order valence-electron chi connectivity index (χ0n) is 8.32. The Hall–Kier alpha value is -1.09. The maximum atomic E-state index is 4.58. The molecule has 1 aromatic carbocycles. The summed E-state index contributed by atoms with van der Waals surface area (Å²) in [6, 6.07) is 8.00. The van der Waals surface area contributed by atoms with Crippen molar-refractivity contribution in [1.29, 1.82) is 0 Å². The fourth-order valence-electron chi connectivity index (χ4n) is 1.41. The quantitative estimate of drug-likeness (QED) is 0.703. The maximum absolute atomic E-state index is 4.58. The SMILES string of the molecule is CCc1nc2ccccc2nc1SC. The largest absolute Gasteiger partial charge is 0.248 e. The van der Waals surface area contributed by atoms with E-state index in [1.807, 2.05) is 30.5 Å². The van der Waals surface area contributed by atoms with Crippen molar-refractivity contribution in [2.45, 2.75) is 18.4 Å². The van der Waals surface area contributed by atoms with Crippen LogP contribution in [-0.2, 0) is 6.42 Å². The predicted molar refractivity (Wildman–Crippen MR) is 60.7 cm³/mol. The molecule has 0 bridgehead atoms. The Morgan fingerprint density at radius 2 is 1.79 bits per heavy atom. The fourth-order valence-corrected chi connectivity index (χ4v) is 2.03. The van der Waals surface area contributed by atoms with Gasteiger partial charge in [0.15, 0.2) is 0 Å². The number of aryl methyl sites for hydroxylation is 1. The number of thioether (sulfide) groups is 1. The first-order valence-corrected chi connectivity index (χ1v) is 5.87. The Morgan fingerprint density at radius 1 is 1.14 bits per heavy atom. The van der Waals surface area contributed by atoms with Gasteiger partial charge in [0, 0.05) is 0 Å². The second-order valence-electron chi connectivity index (χ2n) is 3.02. The van der Waals surface area contributed by atoms with Crippen molar-refractivity contribution in [3.8, 4) is 0 Å². The molecule has 0 aliphatic rings. The minimum Gasteiger partial charge on any atom is -0.248 e. The summed E-state index contributed by atoms with van der Waals surface area (Å²) in [7, 11) is 0. The normalized spacial score (nSPS) is 10.7. The molecule has 2 nitrogen and oxygen atoms in total. The van der Waals surface area contributed by atoms with Gasteiger partial charge in [-0.1, -0.05) is 19.1 Å². The van der Waals surface area contributed by atoms with Gasteiger partial charge in [-0.2, -0.15) is 0 Å². The second kappa shape index (κ2) is 3.96. The molecule has 72 valence electrons. The lowest BCUT2D eigenvalue weighted by Gasteiger charge is -2.04. The number of hydrogen-bond donors (Lipinski definition) is 0. The minimum absolute atomic E-state index is 0.938. The van der Waals surface area contributed by atoms with Crippen molar-refractivity contribution in [3.05, 3.63) is 30.0 Å². The molecule has 0 amide bonds. The van der Waals surface area contributed by atoms with Crippen LogP contribution in [0, 0.1) is 0 Å². The van der Waals surface area contributed by atoms with Crippen molar-refractivity contribution in [2.75, 3.05) is 6.26 Å². The summed E-state index contributed by atoms with van der Waals surface area (Å²) in [5, 5.41) is 1.05. The van der Waals surface area contributed by atoms with E-state index in [9.17, 15) is 0 Å². The maximum Gasteiger partial charge on any atom is 0.118 e. The van der Waals surface area contributed by atoms with E-state index in [0.717, 1.165) is 28.2 Å². The van der Waals surface area contributed by atoms with Gasteiger partial charge in [-0.25, -0.2) is 9.97 Å². The highest BCUT2D eigenvalue weighted by Crippen LogP contribution is 2.20. The third kappa shape index (κ3) is 1.60. The summed E-state index contributed by atoms with van der Waals surface area (Å²) in [6.07, 6.45) is 2.98. The molecule has 0 radical (unpaired) electrons.